The van der Waals surface area contributed by atoms with Crippen LogP contribution in [0.1, 0.15) is 15.9 Å². The second kappa shape index (κ2) is 5.65. The van der Waals surface area contributed by atoms with E-state index >= 15 is 0 Å². The highest BCUT2D eigenvalue weighted by Crippen LogP contribution is 2.22. The standard InChI is InChI=1S/C14H12ClNO2/c1-18-14(17)12-3-2-8-16-13(12)11-6-4-10(9-15)5-7-11/h2-8H,9H2,1H3. The molecule has 0 N–H and O–H groups in total. The van der Waals surface area contributed by atoms with Gasteiger partial charge in [-0.1, -0.05) is 24.3 Å². The summed E-state index contributed by atoms with van der Waals surface area (Å²) in [6.07, 6.45) is 1.65. The van der Waals surface area contributed by atoms with Gasteiger partial charge in [-0.3, -0.25) is 4.98 Å². The zero-order valence-electron chi connectivity index (χ0n) is 9.89. The van der Waals surface area contributed by atoms with Crippen molar-refractivity contribution in [3.8, 4) is 11.3 Å². The number of pyridine rings is 1. The fourth-order valence-corrected chi connectivity index (χ4v) is 1.84. The maximum absolute atomic E-state index is 11.6. The molecule has 0 atom stereocenters. The number of aromatic nitrogens is 1. The van der Waals surface area contributed by atoms with Crippen LogP contribution in [0.3, 0.4) is 0 Å². The van der Waals surface area contributed by atoms with Crippen LogP contribution in [-0.4, -0.2) is 18.1 Å². The fourth-order valence-electron chi connectivity index (χ4n) is 1.66. The number of carbonyl (C=O) groups excluding carboxylic acids is 1. The van der Waals surface area contributed by atoms with E-state index in [1.807, 2.05) is 24.3 Å². The van der Waals surface area contributed by atoms with Gasteiger partial charge in [0.1, 0.15) is 0 Å². The summed E-state index contributed by atoms with van der Waals surface area (Å²) in [4.78, 5) is 15.9. The number of rotatable bonds is 3. The molecule has 18 heavy (non-hydrogen) atoms. The lowest BCUT2D eigenvalue weighted by Gasteiger charge is -2.07. The molecule has 0 unspecified atom stereocenters. The summed E-state index contributed by atoms with van der Waals surface area (Å²) in [7, 11) is 1.36. The average Bonchev–Trinajstić information content (AvgIpc) is 2.46. The summed E-state index contributed by atoms with van der Waals surface area (Å²) in [6.45, 7) is 0. The van der Waals surface area contributed by atoms with Crippen molar-refractivity contribution in [3.63, 3.8) is 0 Å². The van der Waals surface area contributed by atoms with Gasteiger partial charge in [-0.05, 0) is 17.7 Å². The van der Waals surface area contributed by atoms with Crippen LogP contribution in [0.4, 0.5) is 0 Å². The van der Waals surface area contributed by atoms with Crippen molar-refractivity contribution in [2.45, 2.75) is 5.88 Å². The molecule has 3 nitrogen and oxygen atoms in total. The lowest BCUT2D eigenvalue weighted by molar-refractivity contribution is 0.0601. The third kappa shape index (κ3) is 2.51. The number of halogens is 1. The first-order valence-electron chi connectivity index (χ1n) is 5.45. The molecule has 0 radical (unpaired) electrons. The van der Waals surface area contributed by atoms with Crippen molar-refractivity contribution in [1.29, 1.82) is 0 Å². The highest BCUT2D eigenvalue weighted by atomic mass is 35.5. The van der Waals surface area contributed by atoms with Gasteiger partial charge in [-0.2, -0.15) is 0 Å². The number of benzene rings is 1. The third-order valence-electron chi connectivity index (χ3n) is 2.59. The fraction of sp³-hybridized carbons (Fsp3) is 0.143. The number of methoxy groups -OCH3 is 1. The van der Waals surface area contributed by atoms with Crippen LogP contribution in [0.25, 0.3) is 11.3 Å². The molecule has 92 valence electrons. The molecule has 0 saturated heterocycles. The van der Waals surface area contributed by atoms with Gasteiger partial charge in [-0.25, -0.2) is 4.79 Å². The number of hydrogen-bond donors (Lipinski definition) is 0. The molecule has 0 aliphatic rings. The Morgan fingerprint density at radius 2 is 2.00 bits per heavy atom. The molecule has 4 heteroatoms. The molecule has 2 rings (SSSR count). The molecule has 0 spiro atoms. The van der Waals surface area contributed by atoms with Crippen LogP contribution in [0.15, 0.2) is 42.6 Å². The van der Waals surface area contributed by atoms with E-state index in [-0.39, 0.29) is 5.97 Å². The minimum Gasteiger partial charge on any atom is -0.465 e. The first kappa shape index (κ1) is 12.6. The van der Waals surface area contributed by atoms with Gasteiger partial charge in [0.15, 0.2) is 0 Å². The molecular weight excluding hydrogens is 250 g/mol. The van der Waals surface area contributed by atoms with Gasteiger partial charge < -0.3 is 4.74 Å². The van der Waals surface area contributed by atoms with Crippen LogP contribution >= 0.6 is 11.6 Å². The maximum Gasteiger partial charge on any atom is 0.340 e. The van der Waals surface area contributed by atoms with Crippen LogP contribution in [-0.2, 0) is 10.6 Å². The minimum atomic E-state index is -0.389. The van der Waals surface area contributed by atoms with E-state index in [0.717, 1.165) is 11.1 Å². The molecule has 0 bridgehead atoms. The Balaban J connectivity index is 2.46. The predicted octanol–water partition coefficient (Wildman–Crippen LogP) is 3.27. The molecule has 1 heterocycles. The van der Waals surface area contributed by atoms with E-state index < -0.39 is 0 Å². The van der Waals surface area contributed by atoms with Crippen LogP contribution < -0.4 is 0 Å². The second-order valence-corrected chi connectivity index (χ2v) is 3.99. The topological polar surface area (TPSA) is 39.2 Å². The quantitative estimate of drug-likeness (QED) is 0.629. The molecule has 2 aromatic rings. The maximum atomic E-state index is 11.6. The minimum absolute atomic E-state index is 0.389. The molecule has 0 aliphatic carbocycles. The Morgan fingerprint density at radius 3 is 2.61 bits per heavy atom. The first-order chi connectivity index (χ1) is 8.76. The van der Waals surface area contributed by atoms with E-state index in [4.69, 9.17) is 16.3 Å². The highest BCUT2D eigenvalue weighted by molar-refractivity contribution is 6.17. The summed E-state index contributed by atoms with van der Waals surface area (Å²) in [5.41, 5.74) is 2.96. The van der Waals surface area contributed by atoms with Gasteiger partial charge >= 0.3 is 5.97 Å². The number of carbonyl (C=O) groups is 1. The molecule has 0 aliphatic heterocycles. The van der Waals surface area contributed by atoms with Gasteiger partial charge in [0.25, 0.3) is 0 Å². The largest absolute Gasteiger partial charge is 0.465 e. The Labute approximate surface area is 110 Å². The Morgan fingerprint density at radius 1 is 1.28 bits per heavy atom. The predicted molar refractivity (Wildman–Crippen MR) is 70.6 cm³/mol. The van der Waals surface area contributed by atoms with Crippen molar-refractivity contribution in [3.05, 3.63) is 53.7 Å². The van der Waals surface area contributed by atoms with Crippen molar-refractivity contribution in [2.75, 3.05) is 7.11 Å². The Kier molecular flexibility index (Phi) is 3.95. The van der Waals surface area contributed by atoms with Gasteiger partial charge in [0.05, 0.1) is 18.4 Å². The van der Waals surface area contributed by atoms with Crippen molar-refractivity contribution < 1.29 is 9.53 Å². The summed E-state index contributed by atoms with van der Waals surface area (Å²) >= 11 is 5.74. The van der Waals surface area contributed by atoms with E-state index in [2.05, 4.69) is 4.98 Å². The molecule has 1 aromatic heterocycles. The number of ether oxygens (including phenoxy) is 1. The van der Waals surface area contributed by atoms with Crippen molar-refractivity contribution in [2.24, 2.45) is 0 Å². The van der Waals surface area contributed by atoms with Crippen molar-refractivity contribution >= 4 is 17.6 Å². The third-order valence-corrected chi connectivity index (χ3v) is 2.90. The normalized spacial score (nSPS) is 10.1. The Bertz CT molecular complexity index is 552. The molecule has 0 saturated carbocycles. The zero-order valence-corrected chi connectivity index (χ0v) is 10.6. The molecular formula is C14H12ClNO2. The van der Waals surface area contributed by atoms with Crippen LogP contribution in [0.2, 0.25) is 0 Å². The zero-order chi connectivity index (χ0) is 13.0. The SMILES string of the molecule is COC(=O)c1cccnc1-c1ccc(CCl)cc1. The van der Waals surface area contributed by atoms with E-state index in [1.54, 1.807) is 18.3 Å². The first-order valence-corrected chi connectivity index (χ1v) is 5.98. The number of hydrogen-bond acceptors (Lipinski definition) is 3. The molecule has 1 aromatic carbocycles. The van der Waals surface area contributed by atoms with E-state index in [9.17, 15) is 4.79 Å². The van der Waals surface area contributed by atoms with Gasteiger partial charge in [-0.15, -0.1) is 11.6 Å². The summed E-state index contributed by atoms with van der Waals surface area (Å²) < 4.78 is 4.74. The monoisotopic (exact) mass is 261 g/mol. The van der Waals surface area contributed by atoms with Gasteiger partial charge in [0.2, 0.25) is 0 Å². The molecule has 0 amide bonds. The van der Waals surface area contributed by atoms with E-state index in [1.165, 1.54) is 7.11 Å². The average molecular weight is 262 g/mol. The smallest absolute Gasteiger partial charge is 0.340 e. The van der Waals surface area contributed by atoms with Gasteiger partial charge in [0, 0.05) is 17.6 Å². The molecule has 0 fully saturated rings. The number of esters is 1. The summed E-state index contributed by atoms with van der Waals surface area (Å²) in [6, 6.07) is 11.0. The second-order valence-electron chi connectivity index (χ2n) is 3.72. The van der Waals surface area contributed by atoms with Crippen molar-refractivity contribution in [1.82, 2.24) is 4.98 Å². The van der Waals surface area contributed by atoms with Crippen LogP contribution in [0.5, 0.6) is 0 Å². The number of alkyl halides is 1. The lowest BCUT2D eigenvalue weighted by Crippen LogP contribution is -2.04. The summed E-state index contributed by atoms with van der Waals surface area (Å²) in [5, 5.41) is 0. The highest BCUT2D eigenvalue weighted by Gasteiger charge is 2.13. The lowest BCUT2D eigenvalue weighted by atomic mass is 10.0. The Hall–Kier alpha value is -1.87. The van der Waals surface area contributed by atoms with Crippen LogP contribution in [0, 0.1) is 0 Å². The van der Waals surface area contributed by atoms with E-state index in [0.29, 0.717) is 17.1 Å². The summed E-state index contributed by atoms with van der Waals surface area (Å²) in [5.74, 6) is 0.0753. The number of nitrogens with zero attached hydrogens (tertiary/aromatic N) is 1.